The highest BCUT2D eigenvalue weighted by molar-refractivity contribution is 9.10. The van der Waals surface area contributed by atoms with Crippen LogP contribution in [0.15, 0.2) is 52.5 Å². The van der Waals surface area contributed by atoms with Crippen LogP contribution < -0.4 is 15.0 Å². The number of nitrogens with zero attached hydrogens (tertiary/aromatic N) is 2. The maximum atomic E-state index is 13.5. The van der Waals surface area contributed by atoms with Crippen LogP contribution in [-0.4, -0.2) is 61.6 Å². The third kappa shape index (κ3) is 5.40. The average molecular weight is 649 g/mol. The molecule has 4 bridgehead atoms. The number of hydrogen-bond acceptors (Lipinski definition) is 6. The van der Waals surface area contributed by atoms with E-state index in [1.807, 2.05) is 12.1 Å². The lowest BCUT2D eigenvalue weighted by molar-refractivity contribution is -0.137. The third-order valence-electron chi connectivity index (χ3n) is 9.86. The summed E-state index contributed by atoms with van der Waals surface area (Å²) in [7, 11) is 0. The van der Waals surface area contributed by atoms with Crippen molar-refractivity contribution < 1.29 is 28.7 Å². The van der Waals surface area contributed by atoms with Gasteiger partial charge in [0.05, 0.1) is 23.4 Å². The SMILES string of the molecule is O=C1NC(=O)N(c2ccc(C34CC5CC(CC(C5)C3)C4)cc2)C(=O)/C1=C/c1ccc(OCC(=O)N2CCOCC2)c(Br)c1. The van der Waals surface area contributed by atoms with Crippen LogP contribution >= 0.6 is 15.9 Å². The van der Waals surface area contributed by atoms with E-state index in [1.165, 1.54) is 50.2 Å². The highest BCUT2D eigenvalue weighted by atomic mass is 79.9. The summed E-state index contributed by atoms with van der Waals surface area (Å²) < 4.78 is 11.6. The fraction of sp³-hybridized carbons (Fsp3) is 0.455. The van der Waals surface area contributed by atoms with Crippen molar-refractivity contribution in [2.75, 3.05) is 37.8 Å². The second-order valence-electron chi connectivity index (χ2n) is 12.7. The first-order valence-corrected chi connectivity index (χ1v) is 15.9. The van der Waals surface area contributed by atoms with Crippen molar-refractivity contribution in [3.05, 3.63) is 63.6 Å². The number of rotatable bonds is 6. The summed E-state index contributed by atoms with van der Waals surface area (Å²) in [5, 5.41) is 2.31. The summed E-state index contributed by atoms with van der Waals surface area (Å²) in [5.41, 5.74) is 2.35. The van der Waals surface area contributed by atoms with Crippen molar-refractivity contribution >= 4 is 51.4 Å². The van der Waals surface area contributed by atoms with Crippen LogP contribution in [0.1, 0.15) is 49.7 Å². The molecule has 2 aliphatic heterocycles. The van der Waals surface area contributed by atoms with Gasteiger partial charge in [0.1, 0.15) is 11.3 Å². The maximum Gasteiger partial charge on any atom is 0.335 e. The monoisotopic (exact) mass is 647 g/mol. The van der Waals surface area contributed by atoms with Crippen LogP contribution in [-0.2, 0) is 24.5 Å². The molecule has 2 aromatic rings. The molecule has 6 aliphatic rings. The van der Waals surface area contributed by atoms with Crippen molar-refractivity contribution in [3.8, 4) is 5.75 Å². The van der Waals surface area contributed by atoms with Crippen molar-refractivity contribution in [2.24, 2.45) is 17.8 Å². The Bertz CT molecular complexity index is 1480. The zero-order valence-electron chi connectivity index (χ0n) is 23.9. The zero-order chi connectivity index (χ0) is 29.7. The van der Waals surface area contributed by atoms with Gasteiger partial charge < -0.3 is 14.4 Å². The van der Waals surface area contributed by atoms with Gasteiger partial charge in [-0.3, -0.25) is 19.7 Å². The lowest BCUT2D eigenvalue weighted by atomic mass is 9.48. The number of barbiturate groups is 1. The van der Waals surface area contributed by atoms with Gasteiger partial charge in [0.15, 0.2) is 6.61 Å². The Morgan fingerprint density at radius 2 is 1.63 bits per heavy atom. The van der Waals surface area contributed by atoms with Crippen LogP contribution in [0.3, 0.4) is 0 Å². The van der Waals surface area contributed by atoms with Crippen LogP contribution in [0.2, 0.25) is 0 Å². The van der Waals surface area contributed by atoms with Crippen LogP contribution in [0.5, 0.6) is 5.75 Å². The van der Waals surface area contributed by atoms with Gasteiger partial charge in [-0.05, 0) is 119 Å². The first-order valence-electron chi connectivity index (χ1n) is 15.1. The van der Waals surface area contributed by atoms with Gasteiger partial charge in [-0.25, -0.2) is 9.69 Å². The summed E-state index contributed by atoms with van der Waals surface area (Å²) in [6.45, 7) is 2.00. The van der Waals surface area contributed by atoms with Gasteiger partial charge in [0.2, 0.25) is 0 Å². The van der Waals surface area contributed by atoms with E-state index in [1.54, 1.807) is 23.1 Å². The Labute approximate surface area is 258 Å². The number of halogens is 1. The number of carbonyl (C=O) groups excluding carboxylic acids is 4. The Morgan fingerprint density at radius 1 is 0.977 bits per heavy atom. The zero-order valence-corrected chi connectivity index (χ0v) is 25.4. The minimum atomic E-state index is -0.760. The molecule has 0 atom stereocenters. The van der Waals surface area contributed by atoms with E-state index in [2.05, 4.69) is 33.4 Å². The van der Waals surface area contributed by atoms with E-state index in [0.717, 1.165) is 22.7 Å². The smallest absolute Gasteiger partial charge is 0.335 e. The maximum absolute atomic E-state index is 13.5. The molecule has 4 aliphatic carbocycles. The number of amides is 5. The highest BCUT2D eigenvalue weighted by Gasteiger charge is 2.51. The number of imide groups is 2. The number of carbonyl (C=O) groups is 4. The molecular formula is C33H34BrN3O6. The summed E-state index contributed by atoms with van der Waals surface area (Å²) >= 11 is 3.46. The predicted octanol–water partition coefficient (Wildman–Crippen LogP) is 4.82. The standard InChI is InChI=1S/C33H34BrN3O6/c34-27-15-20(1-6-28(27)43-19-29(38)36-7-9-42-10-8-36)14-26-30(39)35-32(41)37(31(26)40)25-4-2-24(3-5-25)33-16-21-11-22(17-33)13-23(12-21)18-33/h1-6,14-15,21-23H,7-13,16-19H2,(H,35,39,41)/b26-14+. The molecule has 2 heterocycles. The van der Waals surface area contributed by atoms with Gasteiger partial charge >= 0.3 is 6.03 Å². The third-order valence-corrected chi connectivity index (χ3v) is 10.5. The molecule has 224 valence electrons. The summed E-state index contributed by atoms with van der Waals surface area (Å²) in [6.07, 6.45) is 9.23. The van der Waals surface area contributed by atoms with E-state index in [4.69, 9.17) is 9.47 Å². The number of ether oxygens (including phenoxy) is 2. The molecule has 6 fully saturated rings. The van der Waals surface area contributed by atoms with E-state index in [-0.39, 0.29) is 23.5 Å². The number of anilines is 1. The molecule has 0 radical (unpaired) electrons. The number of urea groups is 1. The molecule has 10 heteroatoms. The fourth-order valence-corrected chi connectivity index (χ4v) is 8.77. The van der Waals surface area contributed by atoms with Gasteiger partial charge in [-0.1, -0.05) is 18.2 Å². The van der Waals surface area contributed by atoms with Gasteiger partial charge in [0.25, 0.3) is 17.7 Å². The minimum absolute atomic E-state index is 0.112. The number of hydrogen-bond donors (Lipinski definition) is 1. The molecule has 43 heavy (non-hydrogen) atoms. The molecule has 1 N–H and O–H groups in total. The molecule has 9 nitrogen and oxygen atoms in total. The lowest BCUT2D eigenvalue weighted by Gasteiger charge is -2.57. The number of morpholine rings is 1. The van der Waals surface area contributed by atoms with Gasteiger partial charge in [-0.2, -0.15) is 0 Å². The number of benzene rings is 2. The molecular weight excluding hydrogens is 614 g/mol. The lowest BCUT2D eigenvalue weighted by Crippen LogP contribution is -2.54. The molecule has 2 aromatic carbocycles. The van der Waals surface area contributed by atoms with Crippen molar-refractivity contribution in [3.63, 3.8) is 0 Å². The largest absolute Gasteiger partial charge is 0.483 e. The van der Waals surface area contributed by atoms with Gasteiger partial charge in [0, 0.05) is 13.1 Å². The Balaban J connectivity index is 1.06. The first kappa shape index (κ1) is 28.3. The molecule has 5 amide bonds. The van der Waals surface area contributed by atoms with Crippen LogP contribution in [0.4, 0.5) is 10.5 Å². The summed E-state index contributed by atoms with van der Waals surface area (Å²) in [4.78, 5) is 54.3. The molecule has 8 rings (SSSR count). The first-order chi connectivity index (χ1) is 20.8. The molecule has 2 saturated heterocycles. The topological polar surface area (TPSA) is 105 Å². The fourth-order valence-electron chi connectivity index (χ4n) is 8.25. The molecule has 0 unspecified atom stereocenters. The van der Waals surface area contributed by atoms with Crippen LogP contribution in [0.25, 0.3) is 6.08 Å². The van der Waals surface area contributed by atoms with Gasteiger partial charge in [-0.15, -0.1) is 0 Å². The summed E-state index contributed by atoms with van der Waals surface area (Å²) in [5.74, 6) is 1.36. The Kier molecular flexibility index (Phi) is 7.37. The second kappa shape index (κ2) is 11.2. The van der Waals surface area contributed by atoms with E-state index < -0.39 is 17.8 Å². The molecule has 0 spiro atoms. The molecule has 0 aromatic heterocycles. The van der Waals surface area contributed by atoms with Crippen molar-refractivity contribution in [2.45, 2.75) is 43.9 Å². The number of nitrogens with one attached hydrogen (secondary N) is 1. The van der Waals surface area contributed by atoms with Crippen molar-refractivity contribution in [1.29, 1.82) is 0 Å². The summed E-state index contributed by atoms with van der Waals surface area (Å²) in [6, 6.07) is 12.1. The normalized spacial score (nSPS) is 29.3. The second-order valence-corrected chi connectivity index (χ2v) is 13.5. The van der Waals surface area contributed by atoms with E-state index in [9.17, 15) is 19.2 Å². The molecule has 4 saturated carbocycles. The van der Waals surface area contributed by atoms with Crippen LogP contribution in [0, 0.1) is 17.8 Å². The van der Waals surface area contributed by atoms with Crippen molar-refractivity contribution in [1.82, 2.24) is 10.2 Å². The van der Waals surface area contributed by atoms with E-state index >= 15 is 0 Å². The highest BCUT2D eigenvalue weighted by Crippen LogP contribution is 2.60. The quantitative estimate of drug-likeness (QED) is 0.356. The predicted molar refractivity (Wildman–Crippen MR) is 162 cm³/mol. The van der Waals surface area contributed by atoms with E-state index in [0.29, 0.717) is 47.8 Å². The average Bonchev–Trinajstić information content (AvgIpc) is 2.99. The Morgan fingerprint density at radius 3 is 2.26 bits per heavy atom. The Hall–Kier alpha value is -3.50. The minimum Gasteiger partial charge on any atom is -0.483 e.